The third kappa shape index (κ3) is 4.75. The first-order valence-corrected chi connectivity index (χ1v) is 12.3. The van der Waals surface area contributed by atoms with Gasteiger partial charge in [-0.2, -0.15) is 0 Å². The lowest BCUT2D eigenvalue weighted by molar-refractivity contribution is -0.122. The number of fused-ring (bicyclic) bond motifs is 2. The quantitative estimate of drug-likeness (QED) is 0.625. The van der Waals surface area contributed by atoms with Crippen molar-refractivity contribution in [1.29, 1.82) is 0 Å². The highest BCUT2D eigenvalue weighted by Crippen LogP contribution is 2.44. The first-order chi connectivity index (χ1) is 15.8. The number of allylic oxidation sites excluding steroid dienone is 1. The van der Waals surface area contributed by atoms with Gasteiger partial charge in [0.2, 0.25) is 5.91 Å². The molecule has 5 rings (SSSR count). The number of ether oxygens (including phenoxy) is 1. The number of rotatable bonds is 4. The molecule has 2 aliphatic heterocycles. The van der Waals surface area contributed by atoms with Gasteiger partial charge in [-0.25, -0.2) is 0 Å². The summed E-state index contributed by atoms with van der Waals surface area (Å²) in [5.74, 6) is 1.35. The van der Waals surface area contributed by atoms with E-state index in [1.54, 1.807) is 5.57 Å². The van der Waals surface area contributed by atoms with Gasteiger partial charge in [-0.15, -0.1) is 0 Å². The van der Waals surface area contributed by atoms with Crippen LogP contribution in [0.4, 0.5) is 0 Å². The average molecular weight is 431 g/mol. The lowest BCUT2D eigenvalue weighted by atomic mass is 9.87. The Morgan fingerprint density at radius 3 is 2.28 bits per heavy atom. The largest absolute Gasteiger partial charge is 0.457 e. The lowest BCUT2D eigenvalue weighted by Crippen LogP contribution is -2.46. The topological polar surface area (TPSA) is 41.6 Å². The van der Waals surface area contributed by atoms with Gasteiger partial charge in [-0.05, 0) is 50.7 Å². The first kappa shape index (κ1) is 21.3. The van der Waals surface area contributed by atoms with Crippen molar-refractivity contribution in [1.82, 2.24) is 10.2 Å². The number of benzene rings is 2. The van der Waals surface area contributed by atoms with Gasteiger partial charge in [0, 0.05) is 36.8 Å². The number of para-hydroxylation sites is 2. The zero-order valence-electron chi connectivity index (χ0n) is 18.9. The van der Waals surface area contributed by atoms with Gasteiger partial charge in [-0.1, -0.05) is 60.9 Å². The van der Waals surface area contributed by atoms with Crippen LogP contribution in [0.15, 0.2) is 60.2 Å². The molecule has 3 aliphatic rings. The van der Waals surface area contributed by atoms with Crippen LogP contribution in [0, 0.1) is 0 Å². The minimum atomic E-state index is -0.311. The number of nitrogens with one attached hydrogen (secondary N) is 1. The Balaban J connectivity index is 1.21. The SMILES string of the molecule is O=C(NC1CCN(CC2=CCCCCCC2)CC1)C1c2ccccc2Oc2ccccc21. The highest BCUT2D eigenvalue weighted by molar-refractivity contribution is 5.89. The summed E-state index contributed by atoms with van der Waals surface area (Å²) >= 11 is 0. The Kier molecular flexibility index (Phi) is 6.59. The maximum atomic E-state index is 13.5. The Labute approximate surface area is 191 Å². The normalized spacial score (nSPS) is 20.2. The molecule has 0 spiro atoms. The summed E-state index contributed by atoms with van der Waals surface area (Å²) < 4.78 is 6.06. The molecule has 0 radical (unpaired) electrons. The van der Waals surface area contributed by atoms with Crippen molar-refractivity contribution in [2.75, 3.05) is 19.6 Å². The molecule has 0 atom stereocenters. The third-order valence-electron chi connectivity index (χ3n) is 7.19. The molecule has 4 heteroatoms. The van der Waals surface area contributed by atoms with Crippen molar-refractivity contribution in [3.05, 3.63) is 71.3 Å². The molecule has 1 N–H and O–H groups in total. The van der Waals surface area contributed by atoms with Crippen molar-refractivity contribution >= 4 is 5.91 Å². The molecule has 1 aliphatic carbocycles. The van der Waals surface area contributed by atoms with Gasteiger partial charge in [-0.3, -0.25) is 9.69 Å². The summed E-state index contributed by atoms with van der Waals surface area (Å²) in [6.07, 6.45) is 12.5. The van der Waals surface area contributed by atoms with Crippen LogP contribution in [0.3, 0.4) is 0 Å². The molecule has 1 amide bonds. The molecule has 0 saturated carbocycles. The number of piperidine rings is 1. The van der Waals surface area contributed by atoms with E-state index in [0.29, 0.717) is 0 Å². The molecule has 4 nitrogen and oxygen atoms in total. The number of likely N-dealkylation sites (tertiary alicyclic amines) is 1. The number of amides is 1. The second-order valence-electron chi connectivity index (χ2n) is 9.48. The van der Waals surface area contributed by atoms with E-state index in [9.17, 15) is 4.79 Å². The summed E-state index contributed by atoms with van der Waals surface area (Å²) in [5, 5.41) is 3.38. The Hall–Kier alpha value is -2.59. The highest BCUT2D eigenvalue weighted by Gasteiger charge is 2.33. The predicted molar refractivity (Wildman–Crippen MR) is 128 cm³/mol. The van der Waals surface area contributed by atoms with Gasteiger partial charge in [0.1, 0.15) is 11.5 Å². The Morgan fingerprint density at radius 2 is 1.56 bits per heavy atom. The molecule has 32 heavy (non-hydrogen) atoms. The number of hydrogen-bond donors (Lipinski definition) is 1. The zero-order valence-corrected chi connectivity index (χ0v) is 18.9. The van der Waals surface area contributed by atoms with Crippen LogP contribution in [-0.2, 0) is 4.79 Å². The fourth-order valence-corrected chi connectivity index (χ4v) is 5.40. The van der Waals surface area contributed by atoms with Crippen LogP contribution in [-0.4, -0.2) is 36.5 Å². The van der Waals surface area contributed by atoms with Crippen molar-refractivity contribution in [2.45, 2.75) is 63.3 Å². The van der Waals surface area contributed by atoms with Crippen molar-refractivity contribution in [2.24, 2.45) is 0 Å². The van der Waals surface area contributed by atoms with Crippen LogP contribution in [0.25, 0.3) is 0 Å². The second kappa shape index (κ2) is 9.91. The summed E-state index contributed by atoms with van der Waals surface area (Å²) in [7, 11) is 0. The van der Waals surface area contributed by atoms with Gasteiger partial charge in [0.05, 0.1) is 5.92 Å². The maximum Gasteiger partial charge on any atom is 0.232 e. The predicted octanol–water partition coefficient (Wildman–Crippen LogP) is 5.79. The molecule has 2 heterocycles. The Morgan fingerprint density at radius 1 is 0.906 bits per heavy atom. The van der Waals surface area contributed by atoms with E-state index in [1.165, 1.54) is 38.5 Å². The second-order valence-corrected chi connectivity index (χ2v) is 9.48. The number of nitrogens with zero attached hydrogens (tertiary/aromatic N) is 1. The maximum absolute atomic E-state index is 13.5. The van der Waals surface area contributed by atoms with Crippen molar-refractivity contribution < 1.29 is 9.53 Å². The number of carbonyl (C=O) groups excluding carboxylic acids is 1. The standard InChI is InChI=1S/C28H34N2O2/c31-28(27-23-12-6-8-14-25(23)32-26-15-9-7-13-24(26)27)29-22-16-18-30(19-17-22)20-21-10-4-2-1-3-5-11-21/h6-10,12-15,22,27H,1-5,11,16-20H2,(H,29,31). The average Bonchev–Trinajstić information content (AvgIpc) is 2.80. The minimum absolute atomic E-state index is 0.0920. The summed E-state index contributed by atoms with van der Waals surface area (Å²) in [6, 6.07) is 16.1. The van der Waals surface area contributed by atoms with Crippen molar-refractivity contribution in [3.8, 4) is 11.5 Å². The monoisotopic (exact) mass is 430 g/mol. The molecule has 2 aromatic rings. The van der Waals surface area contributed by atoms with Crippen LogP contribution in [0.5, 0.6) is 11.5 Å². The molecule has 168 valence electrons. The third-order valence-corrected chi connectivity index (χ3v) is 7.19. The molecule has 0 aromatic heterocycles. The summed E-state index contributed by atoms with van der Waals surface area (Å²) in [4.78, 5) is 16.1. The van der Waals surface area contributed by atoms with Gasteiger partial charge in [0.15, 0.2) is 0 Å². The van der Waals surface area contributed by atoms with E-state index in [2.05, 4.69) is 16.3 Å². The Bertz CT molecular complexity index is 929. The van der Waals surface area contributed by atoms with Crippen LogP contribution in [0.2, 0.25) is 0 Å². The molecular weight excluding hydrogens is 396 g/mol. The van der Waals surface area contributed by atoms with E-state index >= 15 is 0 Å². The molecule has 0 unspecified atom stereocenters. The number of carbonyl (C=O) groups is 1. The minimum Gasteiger partial charge on any atom is -0.457 e. The lowest BCUT2D eigenvalue weighted by Gasteiger charge is -2.34. The van der Waals surface area contributed by atoms with Gasteiger partial charge in [0.25, 0.3) is 0 Å². The molecular formula is C28H34N2O2. The van der Waals surface area contributed by atoms with E-state index in [-0.39, 0.29) is 17.9 Å². The van der Waals surface area contributed by atoms with Crippen LogP contribution in [0.1, 0.15) is 68.4 Å². The van der Waals surface area contributed by atoms with Crippen LogP contribution < -0.4 is 10.1 Å². The first-order valence-electron chi connectivity index (χ1n) is 12.3. The van der Waals surface area contributed by atoms with Crippen molar-refractivity contribution in [3.63, 3.8) is 0 Å². The van der Waals surface area contributed by atoms with E-state index in [0.717, 1.165) is 55.1 Å². The van der Waals surface area contributed by atoms with Gasteiger partial charge < -0.3 is 10.1 Å². The van der Waals surface area contributed by atoms with E-state index < -0.39 is 0 Å². The fraction of sp³-hybridized carbons (Fsp3) is 0.464. The fourth-order valence-electron chi connectivity index (χ4n) is 5.40. The zero-order chi connectivity index (χ0) is 21.8. The molecule has 0 bridgehead atoms. The van der Waals surface area contributed by atoms with E-state index in [1.807, 2.05) is 48.5 Å². The molecule has 1 saturated heterocycles. The van der Waals surface area contributed by atoms with E-state index in [4.69, 9.17) is 4.74 Å². The molecule has 1 fully saturated rings. The molecule has 2 aromatic carbocycles. The van der Waals surface area contributed by atoms with Crippen LogP contribution >= 0.6 is 0 Å². The number of hydrogen-bond acceptors (Lipinski definition) is 3. The summed E-state index contributed by atoms with van der Waals surface area (Å²) in [5.41, 5.74) is 3.54. The smallest absolute Gasteiger partial charge is 0.232 e. The summed E-state index contributed by atoms with van der Waals surface area (Å²) in [6.45, 7) is 3.23. The van der Waals surface area contributed by atoms with Gasteiger partial charge >= 0.3 is 0 Å². The highest BCUT2D eigenvalue weighted by atomic mass is 16.5.